The van der Waals surface area contributed by atoms with E-state index in [1.54, 1.807) is 12.1 Å². The molecule has 152 valence electrons. The molecule has 0 aliphatic heterocycles. The van der Waals surface area contributed by atoms with Crippen molar-refractivity contribution in [3.8, 4) is 0 Å². The van der Waals surface area contributed by atoms with E-state index in [0.29, 0.717) is 5.92 Å². The van der Waals surface area contributed by atoms with E-state index in [-0.39, 0.29) is 17.2 Å². The highest BCUT2D eigenvalue weighted by Crippen LogP contribution is 2.13. The third-order valence-electron chi connectivity index (χ3n) is 4.42. The number of unbranched alkanes of at least 4 members (excludes halogenated alkanes) is 1. The van der Waals surface area contributed by atoms with Gasteiger partial charge in [0.1, 0.15) is 0 Å². The lowest BCUT2D eigenvalue weighted by atomic mass is 10.0. The topological polar surface area (TPSA) is 99.8 Å². The maximum Gasteiger partial charge on any atom is 0.269 e. The lowest BCUT2D eigenvalue weighted by Crippen LogP contribution is -2.38. The average Bonchev–Trinajstić information content (AvgIpc) is 2.66. The number of guanidine groups is 1. The van der Waals surface area contributed by atoms with Crippen molar-refractivity contribution >= 4 is 11.6 Å². The van der Waals surface area contributed by atoms with Crippen LogP contribution in [-0.2, 0) is 6.42 Å². The number of nitro benzene ring substituents is 1. The van der Waals surface area contributed by atoms with E-state index in [4.69, 9.17) is 5.11 Å². The first-order chi connectivity index (χ1) is 13.1. The van der Waals surface area contributed by atoms with Crippen molar-refractivity contribution in [3.63, 3.8) is 0 Å². The molecule has 0 amide bonds. The first-order valence-electron chi connectivity index (χ1n) is 9.97. The van der Waals surface area contributed by atoms with Gasteiger partial charge in [-0.05, 0) is 50.5 Å². The lowest BCUT2D eigenvalue weighted by Gasteiger charge is -2.15. The minimum absolute atomic E-state index is 0.134. The number of rotatable bonds is 13. The average molecular weight is 379 g/mol. The summed E-state index contributed by atoms with van der Waals surface area (Å²) >= 11 is 0. The SMILES string of the molecule is CCCC(CCO)CN=C(NCC)NCCCCc1ccc([N+](=O)[O-])cc1. The van der Waals surface area contributed by atoms with Gasteiger partial charge in [0, 0.05) is 38.4 Å². The Hall–Kier alpha value is -2.15. The molecule has 0 aliphatic carbocycles. The number of aliphatic imine (C=N–C) groups is 1. The molecule has 0 spiro atoms. The fraction of sp³-hybridized carbons (Fsp3) is 0.650. The molecule has 0 aliphatic rings. The number of aliphatic hydroxyl groups is 1. The van der Waals surface area contributed by atoms with E-state index in [1.807, 2.05) is 19.1 Å². The molecule has 0 radical (unpaired) electrons. The summed E-state index contributed by atoms with van der Waals surface area (Å²) in [6, 6.07) is 6.77. The number of hydrogen-bond acceptors (Lipinski definition) is 4. The Morgan fingerprint density at radius 1 is 1.19 bits per heavy atom. The minimum atomic E-state index is -0.374. The van der Waals surface area contributed by atoms with Crippen LogP contribution in [0.1, 0.15) is 51.5 Å². The molecule has 7 nitrogen and oxygen atoms in total. The Bertz CT molecular complexity index is 555. The Morgan fingerprint density at radius 3 is 2.52 bits per heavy atom. The zero-order chi connectivity index (χ0) is 19.9. The Kier molecular flexibility index (Phi) is 11.8. The summed E-state index contributed by atoms with van der Waals surface area (Å²) in [5.41, 5.74) is 1.25. The molecule has 1 atom stereocenters. The standard InChI is InChI=1S/C20H34N4O3/c1-3-7-18(13-15-25)16-23-20(21-4-2)22-14-6-5-8-17-9-11-19(12-10-17)24(26)27/h9-12,18,25H,3-8,13-16H2,1-2H3,(H2,21,22,23). The van der Waals surface area contributed by atoms with Crippen LogP contribution in [-0.4, -0.2) is 42.2 Å². The molecule has 3 N–H and O–H groups in total. The number of benzene rings is 1. The highest BCUT2D eigenvalue weighted by Gasteiger charge is 2.07. The summed E-state index contributed by atoms with van der Waals surface area (Å²) in [4.78, 5) is 14.9. The van der Waals surface area contributed by atoms with Crippen molar-refractivity contribution in [3.05, 3.63) is 39.9 Å². The Morgan fingerprint density at radius 2 is 1.93 bits per heavy atom. The molecule has 27 heavy (non-hydrogen) atoms. The van der Waals surface area contributed by atoms with Crippen LogP contribution in [0.15, 0.2) is 29.3 Å². The van der Waals surface area contributed by atoms with E-state index in [1.165, 1.54) is 0 Å². The van der Waals surface area contributed by atoms with Crippen LogP contribution < -0.4 is 10.6 Å². The summed E-state index contributed by atoms with van der Waals surface area (Å²) in [7, 11) is 0. The molecule has 1 aromatic rings. The van der Waals surface area contributed by atoms with Gasteiger partial charge in [0.15, 0.2) is 5.96 Å². The quantitative estimate of drug-likeness (QED) is 0.161. The second-order valence-corrected chi connectivity index (χ2v) is 6.69. The Labute approximate surface area is 162 Å². The molecule has 7 heteroatoms. The maximum absolute atomic E-state index is 10.7. The van der Waals surface area contributed by atoms with Crippen LogP contribution in [0.4, 0.5) is 5.69 Å². The molecule has 0 bridgehead atoms. The van der Waals surface area contributed by atoms with Crippen LogP contribution in [0.5, 0.6) is 0 Å². The van der Waals surface area contributed by atoms with Crippen LogP contribution in [0.2, 0.25) is 0 Å². The van der Waals surface area contributed by atoms with E-state index >= 15 is 0 Å². The summed E-state index contributed by atoms with van der Waals surface area (Å²) in [5.74, 6) is 1.25. The molecule has 1 unspecified atom stereocenters. The second kappa shape index (κ2) is 14.0. The van der Waals surface area contributed by atoms with Gasteiger partial charge in [0.25, 0.3) is 5.69 Å². The number of nitro groups is 1. The van der Waals surface area contributed by atoms with Gasteiger partial charge in [-0.2, -0.15) is 0 Å². The number of nitrogens with one attached hydrogen (secondary N) is 2. The third kappa shape index (κ3) is 9.94. The zero-order valence-corrected chi connectivity index (χ0v) is 16.6. The molecule has 0 saturated heterocycles. The minimum Gasteiger partial charge on any atom is -0.396 e. The summed E-state index contributed by atoms with van der Waals surface area (Å²) in [6.45, 7) is 6.79. The summed E-state index contributed by atoms with van der Waals surface area (Å²) < 4.78 is 0. The summed E-state index contributed by atoms with van der Waals surface area (Å²) in [6.07, 6.45) is 5.89. The van der Waals surface area contributed by atoms with Gasteiger partial charge in [-0.25, -0.2) is 0 Å². The van der Waals surface area contributed by atoms with Gasteiger partial charge in [-0.3, -0.25) is 15.1 Å². The molecular formula is C20H34N4O3. The van der Waals surface area contributed by atoms with E-state index in [0.717, 1.165) is 69.7 Å². The Balaban J connectivity index is 2.34. The molecule has 1 rings (SSSR count). The molecule has 1 aromatic carbocycles. The molecule has 0 aromatic heterocycles. The van der Waals surface area contributed by atoms with Gasteiger partial charge < -0.3 is 15.7 Å². The highest BCUT2D eigenvalue weighted by atomic mass is 16.6. The largest absolute Gasteiger partial charge is 0.396 e. The predicted octanol–water partition coefficient (Wildman–Crippen LogP) is 3.27. The number of aliphatic hydroxyl groups excluding tert-OH is 1. The predicted molar refractivity (Wildman–Crippen MR) is 110 cm³/mol. The third-order valence-corrected chi connectivity index (χ3v) is 4.42. The van der Waals surface area contributed by atoms with Crippen LogP contribution in [0.3, 0.4) is 0 Å². The lowest BCUT2D eigenvalue weighted by molar-refractivity contribution is -0.384. The highest BCUT2D eigenvalue weighted by molar-refractivity contribution is 5.79. The normalized spacial score (nSPS) is 12.6. The van der Waals surface area contributed by atoms with Gasteiger partial charge in [-0.1, -0.05) is 25.5 Å². The van der Waals surface area contributed by atoms with E-state index in [2.05, 4.69) is 22.5 Å². The number of hydrogen-bond donors (Lipinski definition) is 3. The van der Waals surface area contributed by atoms with Crippen molar-refractivity contribution in [1.29, 1.82) is 0 Å². The monoisotopic (exact) mass is 378 g/mol. The van der Waals surface area contributed by atoms with Gasteiger partial charge in [-0.15, -0.1) is 0 Å². The second-order valence-electron chi connectivity index (χ2n) is 6.69. The number of nitrogens with zero attached hydrogens (tertiary/aromatic N) is 2. The van der Waals surface area contributed by atoms with Crippen molar-refractivity contribution < 1.29 is 10.0 Å². The van der Waals surface area contributed by atoms with Crippen LogP contribution >= 0.6 is 0 Å². The van der Waals surface area contributed by atoms with Crippen molar-refractivity contribution in [2.75, 3.05) is 26.2 Å². The van der Waals surface area contributed by atoms with Crippen LogP contribution in [0.25, 0.3) is 0 Å². The van der Waals surface area contributed by atoms with Crippen molar-refractivity contribution in [1.82, 2.24) is 10.6 Å². The van der Waals surface area contributed by atoms with Crippen molar-refractivity contribution in [2.45, 2.75) is 52.4 Å². The number of aryl methyl sites for hydroxylation is 1. The smallest absolute Gasteiger partial charge is 0.269 e. The molecular weight excluding hydrogens is 344 g/mol. The van der Waals surface area contributed by atoms with E-state index in [9.17, 15) is 10.1 Å². The van der Waals surface area contributed by atoms with Crippen molar-refractivity contribution in [2.24, 2.45) is 10.9 Å². The first kappa shape index (κ1) is 22.9. The fourth-order valence-electron chi connectivity index (χ4n) is 2.93. The van der Waals surface area contributed by atoms with Gasteiger partial charge >= 0.3 is 0 Å². The zero-order valence-electron chi connectivity index (χ0n) is 16.6. The first-order valence-corrected chi connectivity index (χ1v) is 9.97. The van der Waals surface area contributed by atoms with Gasteiger partial charge in [0.05, 0.1) is 4.92 Å². The number of non-ortho nitro benzene ring substituents is 1. The summed E-state index contributed by atoms with van der Waals surface area (Å²) in [5, 5.41) is 26.4. The maximum atomic E-state index is 10.7. The van der Waals surface area contributed by atoms with E-state index < -0.39 is 0 Å². The van der Waals surface area contributed by atoms with Crippen LogP contribution in [0, 0.1) is 16.0 Å². The fourth-order valence-corrected chi connectivity index (χ4v) is 2.93. The van der Waals surface area contributed by atoms with Gasteiger partial charge in [0.2, 0.25) is 0 Å². The molecule has 0 fully saturated rings. The molecule has 0 saturated carbocycles. The molecule has 0 heterocycles.